The van der Waals surface area contributed by atoms with Gasteiger partial charge in [-0.25, -0.2) is 0 Å². The van der Waals surface area contributed by atoms with Crippen LogP contribution in [0.1, 0.15) is 58.3 Å². The van der Waals surface area contributed by atoms with Crippen LogP contribution in [0.25, 0.3) is 0 Å². The molecular formula is C13H24. The van der Waals surface area contributed by atoms with Gasteiger partial charge in [-0.05, 0) is 12.8 Å². The number of allylic oxidation sites excluding steroid dienone is 3. The molecule has 0 heteroatoms. The summed E-state index contributed by atoms with van der Waals surface area (Å²) in [5.74, 6) is 0. The van der Waals surface area contributed by atoms with Crippen LogP contribution in [0.15, 0.2) is 24.8 Å². The summed E-state index contributed by atoms with van der Waals surface area (Å²) in [6.45, 7) is 5.91. The van der Waals surface area contributed by atoms with Crippen LogP contribution in [-0.2, 0) is 0 Å². The molecule has 0 atom stereocenters. The van der Waals surface area contributed by atoms with Crippen LogP contribution >= 0.6 is 0 Å². The molecule has 0 aromatic rings. The van der Waals surface area contributed by atoms with Crippen LogP contribution in [-0.4, -0.2) is 0 Å². The van der Waals surface area contributed by atoms with Gasteiger partial charge in [0.15, 0.2) is 0 Å². The minimum absolute atomic E-state index is 1.22. The van der Waals surface area contributed by atoms with Crippen LogP contribution in [0.3, 0.4) is 0 Å². The molecule has 0 fully saturated rings. The lowest BCUT2D eigenvalue weighted by Gasteiger charge is -1.98. The maximum Gasteiger partial charge on any atom is -0.0348 e. The summed E-state index contributed by atoms with van der Waals surface area (Å²) in [5, 5.41) is 0. The van der Waals surface area contributed by atoms with Crippen molar-refractivity contribution in [1.82, 2.24) is 0 Å². The first-order valence-corrected chi connectivity index (χ1v) is 5.69. The van der Waals surface area contributed by atoms with Crippen molar-refractivity contribution in [2.45, 2.75) is 58.3 Å². The average molecular weight is 180 g/mol. The topological polar surface area (TPSA) is 0 Å². The van der Waals surface area contributed by atoms with Gasteiger partial charge in [-0.1, -0.05) is 70.3 Å². The van der Waals surface area contributed by atoms with Crippen LogP contribution in [0.2, 0.25) is 0 Å². The second-order valence-corrected chi connectivity index (χ2v) is 3.57. The van der Waals surface area contributed by atoms with E-state index in [9.17, 15) is 0 Å². The van der Waals surface area contributed by atoms with Gasteiger partial charge in [0.1, 0.15) is 0 Å². The highest BCUT2D eigenvalue weighted by Gasteiger charge is 1.88. The Bertz CT molecular complexity index is 122. The second kappa shape index (κ2) is 11.5. The van der Waals surface area contributed by atoms with E-state index in [1.54, 1.807) is 0 Å². The number of hydrogen-bond donors (Lipinski definition) is 0. The monoisotopic (exact) mass is 180 g/mol. The van der Waals surface area contributed by atoms with Gasteiger partial charge in [-0.3, -0.25) is 0 Å². The van der Waals surface area contributed by atoms with Crippen molar-refractivity contribution in [3.05, 3.63) is 24.8 Å². The van der Waals surface area contributed by atoms with Crippen LogP contribution < -0.4 is 0 Å². The predicted octanol–water partition coefficient (Wildman–Crippen LogP) is 4.87. The fourth-order valence-electron chi connectivity index (χ4n) is 1.41. The third kappa shape index (κ3) is 11.5. The van der Waals surface area contributed by atoms with E-state index in [-0.39, 0.29) is 0 Å². The summed E-state index contributed by atoms with van der Waals surface area (Å²) in [4.78, 5) is 0. The molecule has 13 heavy (non-hydrogen) atoms. The summed E-state index contributed by atoms with van der Waals surface area (Å²) < 4.78 is 0. The molecule has 0 heterocycles. The molecule has 0 amide bonds. The number of rotatable bonds is 9. The summed E-state index contributed by atoms with van der Waals surface area (Å²) >= 11 is 0. The molecular weight excluding hydrogens is 156 g/mol. The Kier molecular flexibility index (Phi) is 11.0. The summed E-state index contributed by atoms with van der Waals surface area (Å²) in [5.41, 5.74) is 0. The highest BCUT2D eigenvalue weighted by Crippen LogP contribution is 2.08. The first-order valence-electron chi connectivity index (χ1n) is 5.69. The van der Waals surface area contributed by atoms with Gasteiger partial charge in [-0.15, -0.1) is 0 Å². The number of hydrogen-bond acceptors (Lipinski definition) is 0. The Balaban J connectivity index is 2.91. The van der Waals surface area contributed by atoms with E-state index in [2.05, 4.69) is 19.6 Å². The molecule has 0 aromatic carbocycles. The van der Waals surface area contributed by atoms with Gasteiger partial charge in [0.25, 0.3) is 0 Å². The lowest BCUT2D eigenvalue weighted by atomic mass is 10.1. The maximum atomic E-state index is 3.64. The Morgan fingerprint density at radius 2 is 1.54 bits per heavy atom. The quantitative estimate of drug-likeness (QED) is 0.351. The van der Waals surface area contributed by atoms with Crippen LogP contribution in [0.4, 0.5) is 0 Å². The van der Waals surface area contributed by atoms with E-state index < -0.39 is 0 Å². The molecule has 0 saturated heterocycles. The standard InChI is InChI=1S/C13H24/c1-3-5-7-9-11-13-12-10-8-6-4-2/h3,5,7H,1,4,6,8-13H2,2H3/b7-5-. The van der Waals surface area contributed by atoms with Crippen molar-refractivity contribution in [3.63, 3.8) is 0 Å². The maximum absolute atomic E-state index is 3.64. The molecule has 0 unspecified atom stereocenters. The van der Waals surface area contributed by atoms with Gasteiger partial charge >= 0.3 is 0 Å². The molecule has 0 rings (SSSR count). The van der Waals surface area contributed by atoms with E-state index in [1.807, 2.05) is 12.2 Å². The van der Waals surface area contributed by atoms with Crippen molar-refractivity contribution < 1.29 is 0 Å². The van der Waals surface area contributed by atoms with Gasteiger partial charge in [0.05, 0.1) is 0 Å². The zero-order valence-electron chi connectivity index (χ0n) is 9.10. The summed E-state index contributed by atoms with van der Waals surface area (Å²) in [6.07, 6.45) is 17.1. The summed E-state index contributed by atoms with van der Waals surface area (Å²) in [6, 6.07) is 0. The Hall–Kier alpha value is -0.520. The van der Waals surface area contributed by atoms with Crippen molar-refractivity contribution in [2.24, 2.45) is 0 Å². The lowest BCUT2D eigenvalue weighted by Crippen LogP contribution is -1.78. The molecule has 0 aromatic heterocycles. The fraction of sp³-hybridized carbons (Fsp3) is 0.692. The minimum Gasteiger partial charge on any atom is -0.0991 e. The highest BCUT2D eigenvalue weighted by molar-refractivity contribution is 4.96. The fourth-order valence-corrected chi connectivity index (χ4v) is 1.41. The molecule has 76 valence electrons. The number of unbranched alkanes of at least 4 members (excludes halogenated alkanes) is 7. The SMILES string of the molecule is C=C/C=C\CCCCCCCCC. The van der Waals surface area contributed by atoms with Crippen molar-refractivity contribution >= 4 is 0 Å². The smallest absolute Gasteiger partial charge is 0.0348 e. The van der Waals surface area contributed by atoms with Crippen LogP contribution in [0, 0.1) is 0 Å². The van der Waals surface area contributed by atoms with Crippen molar-refractivity contribution in [1.29, 1.82) is 0 Å². The van der Waals surface area contributed by atoms with Gasteiger partial charge < -0.3 is 0 Å². The van der Waals surface area contributed by atoms with Crippen molar-refractivity contribution in [3.8, 4) is 0 Å². The Labute approximate surface area is 83.7 Å². The molecule has 0 spiro atoms. The Morgan fingerprint density at radius 1 is 0.923 bits per heavy atom. The zero-order valence-corrected chi connectivity index (χ0v) is 9.10. The zero-order chi connectivity index (χ0) is 9.78. The van der Waals surface area contributed by atoms with Gasteiger partial charge in [0, 0.05) is 0 Å². The molecule has 0 saturated carbocycles. The molecule has 0 aliphatic rings. The van der Waals surface area contributed by atoms with Crippen LogP contribution in [0.5, 0.6) is 0 Å². The Morgan fingerprint density at radius 3 is 2.15 bits per heavy atom. The van der Waals surface area contributed by atoms with E-state index in [0.717, 1.165) is 0 Å². The largest absolute Gasteiger partial charge is 0.0991 e. The third-order valence-corrected chi connectivity index (χ3v) is 2.25. The normalized spacial score (nSPS) is 10.8. The molecule has 0 N–H and O–H groups in total. The predicted molar refractivity (Wildman–Crippen MR) is 61.9 cm³/mol. The van der Waals surface area contributed by atoms with Gasteiger partial charge in [-0.2, -0.15) is 0 Å². The lowest BCUT2D eigenvalue weighted by molar-refractivity contribution is 0.592. The first-order chi connectivity index (χ1) is 6.41. The van der Waals surface area contributed by atoms with E-state index in [4.69, 9.17) is 0 Å². The molecule has 0 aliphatic carbocycles. The van der Waals surface area contributed by atoms with Crippen molar-refractivity contribution in [2.75, 3.05) is 0 Å². The molecule has 0 bridgehead atoms. The van der Waals surface area contributed by atoms with E-state index in [1.165, 1.54) is 51.4 Å². The first kappa shape index (κ1) is 12.5. The molecule has 0 nitrogen and oxygen atoms in total. The minimum atomic E-state index is 1.22. The molecule has 0 aliphatic heterocycles. The average Bonchev–Trinajstić information content (AvgIpc) is 2.16. The summed E-state index contributed by atoms with van der Waals surface area (Å²) in [7, 11) is 0. The van der Waals surface area contributed by atoms with E-state index >= 15 is 0 Å². The highest BCUT2D eigenvalue weighted by atomic mass is 13.9. The molecule has 0 radical (unpaired) electrons. The second-order valence-electron chi connectivity index (χ2n) is 3.57. The van der Waals surface area contributed by atoms with Gasteiger partial charge in [0.2, 0.25) is 0 Å². The third-order valence-electron chi connectivity index (χ3n) is 2.25. The van der Waals surface area contributed by atoms with E-state index in [0.29, 0.717) is 0 Å².